The van der Waals surface area contributed by atoms with Crippen LogP contribution in [0.5, 0.6) is 0 Å². The molecule has 1 aromatic rings. The molecule has 0 amide bonds. The molecule has 0 spiro atoms. The van der Waals surface area contributed by atoms with Crippen molar-refractivity contribution in [3.05, 3.63) is 30.3 Å². The van der Waals surface area contributed by atoms with Crippen LogP contribution in [-0.4, -0.2) is 14.3 Å². The minimum atomic E-state index is -4.26. The SMILES string of the molecule is [2H]C([2H])([2H])/C([O-])=N/S(=O)(=O)c1c[c-]ccc1.[Li+].[Na+]. The van der Waals surface area contributed by atoms with Crippen molar-refractivity contribution in [2.45, 2.75) is 11.7 Å². The van der Waals surface area contributed by atoms with Crippen molar-refractivity contribution in [1.82, 2.24) is 0 Å². The van der Waals surface area contributed by atoms with Crippen LogP contribution >= 0.6 is 0 Å². The third-order valence-corrected chi connectivity index (χ3v) is 2.44. The first-order chi connectivity index (χ1) is 7.23. The molecular weight excluding hydrogens is 220 g/mol. The van der Waals surface area contributed by atoms with E-state index in [-0.39, 0.29) is 53.3 Å². The van der Waals surface area contributed by atoms with Crippen LogP contribution < -0.4 is 53.5 Å². The Morgan fingerprint density at radius 2 is 2.33 bits per heavy atom. The van der Waals surface area contributed by atoms with Gasteiger partial charge >= 0.3 is 48.4 Å². The predicted molar refractivity (Wildman–Crippen MR) is 45.6 cm³/mol. The van der Waals surface area contributed by atoms with Crippen LogP contribution in [-0.2, 0) is 10.0 Å². The van der Waals surface area contributed by atoms with Gasteiger partial charge in [0.25, 0.3) is 0 Å². The molecule has 15 heavy (non-hydrogen) atoms. The Kier molecular flexibility index (Phi) is 5.86. The average molecular weight is 230 g/mol. The molecule has 70 valence electrons. The van der Waals surface area contributed by atoms with Crippen molar-refractivity contribution in [2.75, 3.05) is 0 Å². The maximum atomic E-state index is 11.4. The van der Waals surface area contributed by atoms with Crippen LogP contribution in [0, 0.1) is 6.07 Å². The Hall–Kier alpha value is 0.237. The van der Waals surface area contributed by atoms with Gasteiger partial charge in [-0.2, -0.15) is 34.7 Å². The molecule has 4 nitrogen and oxygen atoms in total. The number of rotatable bonds is 2. The summed E-state index contributed by atoms with van der Waals surface area (Å²) in [6, 6.07) is 7.64. The monoisotopic (exact) mass is 230 g/mol. The Morgan fingerprint density at radius 1 is 1.67 bits per heavy atom. The fourth-order valence-corrected chi connectivity index (χ4v) is 1.49. The van der Waals surface area contributed by atoms with Gasteiger partial charge < -0.3 is 5.11 Å². The Labute approximate surface area is 128 Å². The van der Waals surface area contributed by atoms with Crippen molar-refractivity contribution < 1.29 is 66.1 Å². The van der Waals surface area contributed by atoms with Crippen molar-refractivity contribution in [3.63, 3.8) is 0 Å². The molecule has 0 bridgehead atoms. The molecular formula is C8H7LiNNaO3S. The van der Waals surface area contributed by atoms with Gasteiger partial charge in [0.1, 0.15) is 0 Å². The van der Waals surface area contributed by atoms with E-state index in [0.29, 0.717) is 0 Å². The molecule has 0 atom stereocenters. The van der Waals surface area contributed by atoms with Crippen LogP contribution in [0.15, 0.2) is 33.6 Å². The summed E-state index contributed by atoms with van der Waals surface area (Å²) in [5, 5.41) is 10.9. The van der Waals surface area contributed by atoms with E-state index in [4.69, 9.17) is 4.11 Å². The molecule has 0 aliphatic rings. The number of hydrogen-bond acceptors (Lipinski definition) is 3. The summed E-state index contributed by atoms with van der Waals surface area (Å²) < 4.78 is 45.7. The van der Waals surface area contributed by atoms with Crippen molar-refractivity contribution in [2.24, 2.45) is 4.40 Å². The third-order valence-electron chi connectivity index (χ3n) is 1.18. The van der Waals surface area contributed by atoms with E-state index in [0.717, 1.165) is 6.07 Å². The van der Waals surface area contributed by atoms with Gasteiger partial charge in [-0.3, -0.25) is 0 Å². The first-order valence-electron chi connectivity index (χ1n) is 4.72. The molecule has 0 aromatic heterocycles. The second-order valence-electron chi connectivity index (χ2n) is 2.11. The third kappa shape index (κ3) is 5.76. The first-order valence-corrected chi connectivity index (χ1v) is 4.66. The van der Waals surface area contributed by atoms with Crippen LogP contribution in [0.4, 0.5) is 0 Å². The van der Waals surface area contributed by atoms with E-state index in [1.54, 1.807) is 0 Å². The van der Waals surface area contributed by atoms with Crippen molar-refractivity contribution >= 4 is 15.9 Å². The summed E-state index contributed by atoms with van der Waals surface area (Å²) in [5.74, 6) is -1.66. The number of sulfonamides is 1. The fraction of sp³-hybridized carbons (Fsp3) is 0.125. The second-order valence-corrected chi connectivity index (χ2v) is 3.71. The van der Waals surface area contributed by atoms with Crippen LogP contribution in [0.25, 0.3) is 0 Å². The smallest absolute Gasteiger partial charge is 0.861 e. The average Bonchev–Trinajstić information content (AvgIpc) is 2.17. The number of nitrogens with zero attached hydrogens (tertiary/aromatic N) is 1. The van der Waals surface area contributed by atoms with E-state index < -0.39 is 22.8 Å². The molecule has 0 unspecified atom stereocenters. The van der Waals surface area contributed by atoms with Crippen LogP contribution in [0.2, 0.25) is 0 Å². The Bertz CT molecular complexity index is 504. The molecule has 0 fully saturated rings. The largest absolute Gasteiger partial charge is 1.00 e. The fourth-order valence-electron chi connectivity index (χ4n) is 0.699. The van der Waals surface area contributed by atoms with E-state index >= 15 is 0 Å². The van der Waals surface area contributed by atoms with Gasteiger partial charge in [0.05, 0.1) is 0 Å². The summed E-state index contributed by atoms with van der Waals surface area (Å²) in [6.45, 7) is -3.05. The molecule has 7 heteroatoms. The molecule has 0 heterocycles. The van der Waals surface area contributed by atoms with Gasteiger partial charge in [-0.15, -0.1) is 0 Å². The van der Waals surface area contributed by atoms with E-state index in [1.807, 2.05) is 0 Å². The van der Waals surface area contributed by atoms with Gasteiger partial charge in [-0.05, 0) is 17.6 Å². The van der Waals surface area contributed by atoms with Gasteiger partial charge in [-0.25, -0.2) is 8.42 Å². The molecule has 1 aromatic carbocycles. The molecule has 0 saturated heterocycles. The van der Waals surface area contributed by atoms with Gasteiger partial charge in [0.15, 0.2) is 0 Å². The zero-order valence-corrected chi connectivity index (χ0v) is 11.2. The number of benzene rings is 1. The molecule has 0 aliphatic carbocycles. The van der Waals surface area contributed by atoms with E-state index in [9.17, 15) is 13.5 Å². The van der Waals surface area contributed by atoms with Crippen LogP contribution in [0.3, 0.4) is 0 Å². The van der Waals surface area contributed by atoms with E-state index in [1.165, 1.54) is 18.2 Å². The Balaban J connectivity index is 0. The molecule has 0 aliphatic heterocycles. The molecule has 0 radical (unpaired) electrons. The summed E-state index contributed by atoms with van der Waals surface area (Å²) >= 11 is 0. The minimum absolute atomic E-state index is 0. The second kappa shape index (κ2) is 7.50. The maximum Gasteiger partial charge on any atom is 1.00 e. The van der Waals surface area contributed by atoms with Crippen molar-refractivity contribution in [3.8, 4) is 0 Å². The van der Waals surface area contributed by atoms with Gasteiger partial charge in [0, 0.05) is 4.11 Å². The molecule has 0 saturated carbocycles. The minimum Gasteiger partial charge on any atom is -0.861 e. The maximum absolute atomic E-state index is 11.4. The first kappa shape index (κ1) is 11.7. The topological polar surface area (TPSA) is 69.6 Å². The van der Waals surface area contributed by atoms with Gasteiger partial charge in [-0.1, -0.05) is 0 Å². The molecule has 0 N–H and O–H groups in total. The van der Waals surface area contributed by atoms with E-state index in [2.05, 4.69) is 10.5 Å². The van der Waals surface area contributed by atoms with Crippen molar-refractivity contribution in [1.29, 1.82) is 0 Å². The predicted octanol–water partition coefficient (Wildman–Crippen LogP) is -6.04. The normalized spacial score (nSPS) is 14.9. The number of hydrogen-bond donors (Lipinski definition) is 0. The van der Waals surface area contributed by atoms with Gasteiger partial charge in [0.2, 0.25) is 10.0 Å². The molecule has 1 rings (SSSR count). The zero-order chi connectivity index (χ0) is 12.4. The Morgan fingerprint density at radius 3 is 2.80 bits per heavy atom. The summed E-state index contributed by atoms with van der Waals surface area (Å²) in [7, 11) is -4.26. The quantitative estimate of drug-likeness (QED) is 0.220. The summed E-state index contributed by atoms with van der Waals surface area (Å²) in [4.78, 5) is -0.271. The summed E-state index contributed by atoms with van der Waals surface area (Å²) in [5.41, 5.74) is 0. The standard InChI is InChI=1S/C8H8NO3S.Li.Na/c1-7(10)9-13(11,12)8-5-3-2-4-6-8;;/h2-3,5-6H,1H3,(H,9,10);;/q-1;2*+1/p-1/i1D3;;. The summed E-state index contributed by atoms with van der Waals surface area (Å²) in [6.07, 6.45) is 0. The van der Waals surface area contributed by atoms with Crippen LogP contribution in [0.1, 0.15) is 11.0 Å². The zero-order valence-electron chi connectivity index (χ0n) is 11.4.